The maximum atomic E-state index is 12.9. The van der Waals surface area contributed by atoms with Gasteiger partial charge >= 0.3 is 6.18 Å². The van der Waals surface area contributed by atoms with Crippen molar-refractivity contribution in [3.63, 3.8) is 0 Å². The van der Waals surface area contributed by atoms with Crippen LogP contribution in [0.5, 0.6) is 5.75 Å². The lowest BCUT2D eigenvalue weighted by molar-refractivity contribution is -0.141. The van der Waals surface area contributed by atoms with E-state index >= 15 is 0 Å². The third-order valence-electron chi connectivity index (χ3n) is 4.19. The van der Waals surface area contributed by atoms with Crippen LogP contribution in [0, 0.1) is 12.8 Å². The molecule has 0 aliphatic carbocycles. The first-order chi connectivity index (χ1) is 11.9. The quantitative estimate of drug-likeness (QED) is 0.843. The van der Waals surface area contributed by atoms with Gasteiger partial charge in [-0.05, 0) is 37.8 Å². The van der Waals surface area contributed by atoms with Gasteiger partial charge in [-0.3, -0.25) is 4.98 Å². The summed E-state index contributed by atoms with van der Waals surface area (Å²) in [5, 5.41) is 0. The first-order valence-corrected chi connectivity index (χ1v) is 8.12. The van der Waals surface area contributed by atoms with Crippen molar-refractivity contribution < 1.29 is 17.9 Å². The molecule has 5 nitrogen and oxygen atoms in total. The van der Waals surface area contributed by atoms with Crippen LogP contribution in [0.25, 0.3) is 0 Å². The lowest BCUT2D eigenvalue weighted by atomic mass is 9.98. The van der Waals surface area contributed by atoms with Crippen LogP contribution in [0.4, 0.5) is 19.0 Å². The molecule has 0 saturated carbocycles. The molecule has 0 radical (unpaired) electrons. The molecule has 3 rings (SSSR count). The number of piperidine rings is 1. The second kappa shape index (κ2) is 7.25. The first-order valence-electron chi connectivity index (χ1n) is 8.12. The van der Waals surface area contributed by atoms with E-state index < -0.39 is 11.9 Å². The molecule has 2 aromatic heterocycles. The van der Waals surface area contributed by atoms with Gasteiger partial charge in [-0.2, -0.15) is 13.2 Å². The molecule has 1 aliphatic heterocycles. The van der Waals surface area contributed by atoms with Gasteiger partial charge in [-0.25, -0.2) is 9.97 Å². The zero-order valence-electron chi connectivity index (χ0n) is 13.8. The van der Waals surface area contributed by atoms with E-state index in [1.54, 1.807) is 24.5 Å². The van der Waals surface area contributed by atoms with Crippen molar-refractivity contribution >= 4 is 5.82 Å². The number of ether oxygens (including phenoxy) is 1. The Balaban J connectivity index is 1.58. The van der Waals surface area contributed by atoms with Gasteiger partial charge in [0.2, 0.25) is 0 Å². The van der Waals surface area contributed by atoms with E-state index in [-0.39, 0.29) is 5.82 Å². The number of aryl methyl sites for hydroxylation is 1. The average molecular weight is 352 g/mol. The second-order valence-electron chi connectivity index (χ2n) is 6.08. The van der Waals surface area contributed by atoms with Crippen molar-refractivity contribution in [2.24, 2.45) is 5.92 Å². The van der Waals surface area contributed by atoms with E-state index in [0.717, 1.165) is 24.7 Å². The predicted molar refractivity (Wildman–Crippen MR) is 86.4 cm³/mol. The minimum Gasteiger partial charge on any atom is -0.493 e. The summed E-state index contributed by atoms with van der Waals surface area (Å²) >= 11 is 0. The fourth-order valence-electron chi connectivity index (χ4n) is 2.84. The zero-order valence-corrected chi connectivity index (χ0v) is 13.8. The minimum atomic E-state index is -4.46. The molecule has 0 bridgehead atoms. The molecule has 0 amide bonds. The van der Waals surface area contributed by atoms with Crippen LogP contribution < -0.4 is 9.64 Å². The number of alkyl halides is 3. The van der Waals surface area contributed by atoms with Gasteiger partial charge < -0.3 is 9.64 Å². The minimum absolute atomic E-state index is 0.132. The fourth-order valence-corrected chi connectivity index (χ4v) is 2.84. The Morgan fingerprint density at radius 3 is 2.48 bits per heavy atom. The number of pyridine rings is 1. The monoisotopic (exact) mass is 352 g/mol. The molecule has 25 heavy (non-hydrogen) atoms. The molecule has 0 unspecified atom stereocenters. The molecule has 2 aromatic rings. The second-order valence-corrected chi connectivity index (χ2v) is 6.08. The topological polar surface area (TPSA) is 51.1 Å². The molecule has 0 aromatic carbocycles. The van der Waals surface area contributed by atoms with Crippen LogP contribution in [0.15, 0.2) is 30.6 Å². The lowest BCUT2D eigenvalue weighted by Crippen LogP contribution is -2.36. The highest BCUT2D eigenvalue weighted by Crippen LogP contribution is 2.31. The normalized spacial score (nSPS) is 16.1. The number of rotatable bonds is 4. The van der Waals surface area contributed by atoms with Gasteiger partial charge in [0, 0.05) is 31.5 Å². The molecular weight excluding hydrogens is 333 g/mol. The number of halogens is 3. The summed E-state index contributed by atoms with van der Waals surface area (Å²) in [4.78, 5) is 13.5. The van der Waals surface area contributed by atoms with Gasteiger partial charge in [-0.1, -0.05) is 0 Å². The van der Waals surface area contributed by atoms with Gasteiger partial charge in [0.05, 0.1) is 6.61 Å². The predicted octanol–water partition coefficient (Wildman–Crippen LogP) is 3.49. The highest BCUT2D eigenvalue weighted by molar-refractivity contribution is 5.41. The number of nitrogens with zero attached hydrogens (tertiary/aromatic N) is 4. The van der Waals surface area contributed by atoms with Gasteiger partial charge in [0.1, 0.15) is 23.1 Å². The summed E-state index contributed by atoms with van der Waals surface area (Å²) in [5.74, 6) is 1.62. The van der Waals surface area contributed by atoms with Gasteiger partial charge in [-0.15, -0.1) is 0 Å². The number of hydrogen-bond donors (Lipinski definition) is 0. The van der Waals surface area contributed by atoms with Crippen molar-refractivity contribution in [1.29, 1.82) is 0 Å². The number of hydrogen-bond acceptors (Lipinski definition) is 5. The molecule has 0 atom stereocenters. The Hall–Kier alpha value is -2.38. The summed E-state index contributed by atoms with van der Waals surface area (Å²) < 4.78 is 44.5. The molecule has 134 valence electrons. The van der Waals surface area contributed by atoms with Crippen molar-refractivity contribution in [2.45, 2.75) is 25.9 Å². The van der Waals surface area contributed by atoms with Crippen molar-refractivity contribution in [3.05, 3.63) is 42.1 Å². The van der Waals surface area contributed by atoms with E-state index in [1.807, 2.05) is 4.90 Å². The molecule has 1 saturated heterocycles. The molecule has 0 N–H and O–H groups in total. The van der Waals surface area contributed by atoms with E-state index in [0.29, 0.717) is 31.4 Å². The van der Waals surface area contributed by atoms with Gasteiger partial charge in [0.25, 0.3) is 0 Å². The van der Waals surface area contributed by atoms with Crippen LogP contribution in [0.1, 0.15) is 24.4 Å². The lowest BCUT2D eigenvalue weighted by Gasteiger charge is -2.33. The Morgan fingerprint density at radius 2 is 1.84 bits per heavy atom. The maximum Gasteiger partial charge on any atom is 0.433 e. The standard InChI is InChI=1S/C17H19F3N4O/c1-12-22-15(17(18,19)20)10-16(23-12)24-8-4-13(5-9-24)11-25-14-2-6-21-7-3-14/h2-3,6-7,10,13H,4-5,8-9,11H2,1H3. The maximum absolute atomic E-state index is 12.9. The van der Waals surface area contributed by atoms with Gasteiger partial charge in [0.15, 0.2) is 0 Å². The highest BCUT2D eigenvalue weighted by atomic mass is 19.4. The number of aromatic nitrogens is 3. The zero-order chi connectivity index (χ0) is 17.9. The fraction of sp³-hybridized carbons (Fsp3) is 0.471. The van der Waals surface area contributed by atoms with E-state index in [2.05, 4.69) is 15.0 Å². The first kappa shape index (κ1) is 17.4. The largest absolute Gasteiger partial charge is 0.493 e. The summed E-state index contributed by atoms with van der Waals surface area (Å²) in [6, 6.07) is 4.63. The Labute approximate surface area is 143 Å². The third-order valence-corrected chi connectivity index (χ3v) is 4.19. The molecule has 0 spiro atoms. The molecule has 3 heterocycles. The highest BCUT2D eigenvalue weighted by Gasteiger charge is 2.34. The summed E-state index contributed by atoms with van der Waals surface area (Å²) in [7, 11) is 0. The van der Waals surface area contributed by atoms with Crippen molar-refractivity contribution in [3.8, 4) is 5.75 Å². The van der Waals surface area contributed by atoms with Crippen LogP contribution >= 0.6 is 0 Å². The van der Waals surface area contributed by atoms with Crippen molar-refractivity contribution in [1.82, 2.24) is 15.0 Å². The van der Waals surface area contributed by atoms with Crippen LogP contribution in [-0.2, 0) is 6.18 Å². The smallest absolute Gasteiger partial charge is 0.433 e. The molecule has 1 fully saturated rings. The van der Waals surface area contributed by atoms with E-state index in [9.17, 15) is 13.2 Å². The molecule has 8 heteroatoms. The summed E-state index contributed by atoms with van der Waals surface area (Å²) in [6.07, 6.45) is 0.575. The van der Waals surface area contributed by atoms with E-state index in [1.165, 1.54) is 6.92 Å². The van der Waals surface area contributed by atoms with Crippen LogP contribution in [0.3, 0.4) is 0 Å². The Kier molecular flexibility index (Phi) is 5.06. The number of anilines is 1. The van der Waals surface area contributed by atoms with Crippen LogP contribution in [0.2, 0.25) is 0 Å². The average Bonchev–Trinajstić information content (AvgIpc) is 2.60. The Bertz CT molecular complexity index is 701. The Morgan fingerprint density at radius 1 is 1.16 bits per heavy atom. The molecular formula is C17H19F3N4O. The van der Waals surface area contributed by atoms with E-state index in [4.69, 9.17) is 4.74 Å². The summed E-state index contributed by atoms with van der Waals surface area (Å²) in [5.41, 5.74) is -0.891. The van der Waals surface area contributed by atoms with Crippen molar-refractivity contribution in [2.75, 3.05) is 24.6 Å². The molecule has 1 aliphatic rings. The van der Waals surface area contributed by atoms with Crippen LogP contribution in [-0.4, -0.2) is 34.6 Å². The SMILES string of the molecule is Cc1nc(N2CCC(COc3ccncc3)CC2)cc(C(F)(F)F)n1. The summed E-state index contributed by atoms with van der Waals surface area (Å²) in [6.45, 7) is 3.37. The third kappa shape index (κ3) is 4.58.